The van der Waals surface area contributed by atoms with E-state index in [9.17, 15) is 13.2 Å². The number of hydrogen-bond donors (Lipinski definition) is 2. The summed E-state index contributed by atoms with van der Waals surface area (Å²) in [6.07, 6.45) is 0. The number of carbonyl (C=O) groups is 1. The highest BCUT2D eigenvalue weighted by atomic mass is 35.5. The number of aromatic carboxylic acids is 1. The smallest absolute Gasteiger partial charge is 0.337 e. The number of sulfonamides is 1. The third-order valence-electron chi connectivity index (χ3n) is 2.87. The van der Waals surface area contributed by atoms with Gasteiger partial charge in [0.15, 0.2) is 0 Å². The Morgan fingerprint density at radius 1 is 1.38 bits per heavy atom. The topological polar surface area (TPSA) is 83.5 Å². The number of carboxylic acid groups (broad SMARTS) is 1. The maximum Gasteiger partial charge on any atom is 0.337 e. The van der Waals surface area contributed by atoms with Gasteiger partial charge < -0.3 is 5.11 Å². The van der Waals surface area contributed by atoms with Crippen molar-refractivity contribution in [3.05, 3.63) is 50.7 Å². The maximum atomic E-state index is 12.2. The monoisotopic (exact) mass is 345 g/mol. The summed E-state index contributed by atoms with van der Waals surface area (Å²) in [6, 6.07) is 5.44. The largest absolute Gasteiger partial charge is 0.478 e. The molecule has 1 aromatic carbocycles. The molecule has 0 saturated heterocycles. The number of aryl methyl sites for hydroxylation is 1. The van der Waals surface area contributed by atoms with Crippen LogP contribution in [0.15, 0.2) is 34.5 Å². The van der Waals surface area contributed by atoms with Crippen LogP contribution < -0.4 is 4.72 Å². The van der Waals surface area contributed by atoms with Gasteiger partial charge in [-0.25, -0.2) is 17.9 Å². The van der Waals surface area contributed by atoms with Gasteiger partial charge in [0.2, 0.25) is 10.0 Å². The molecule has 0 aliphatic carbocycles. The molecule has 0 atom stereocenters. The Kier molecular flexibility index (Phi) is 4.67. The van der Waals surface area contributed by atoms with E-state index in [0.29, 0.717) is 0 Å². The molecular formula is C13H12ClNO4S2. The number of halogens is 1. The second kappa shape index (κ2) is 6.15. The van der Waals surface area contributed by atoms with Gasteiger partial charge in [-0.15, -0.1) is 11.3 Å². The van der Waals surface area contributed by atoms with E-state index in [1.807, 2.05) is 18.4 Å². The molecule has 0 radical (unpaired) electrons. The first-order valence-electron chi connectivity index (χ1n) is 5.87. The van der Waals surface area contributed by atoms with Gasteiger partial charge in [0.25, 0.3) is 0 Å². The summed E-state index contributed by atoms with van der Waals surface area (Å²) < 4.78 is 26.8. The Hall–Kier alpha value is -1.41. The molecule has 21 heavy (non-hydrogen) atoms. The first-order valence-corrected chi connectivity index (χ1v) is 8.61. The molecule has 1 aromatic heterocycles. The van der Waals surface area contributed by atoms with Crippen LogP contribution in [-0.4, -0.2) is 19.5 Å². The number of carboxylic acids is 1. The Bertz CT molecular complexity index is 783. The van der Waals surface area contributed by atoms with Crippen LogP contribution in [0.2, 0.25) is 5.02 Å². The lowest BCUT2D eigenvalue weighted by atomic mass is 10.2. The van der Waals surface area contributed by atoms with Crippen molar-refractivity contribution in [2.75, 3.05) is 0 Å². The fourth-order valence-corrected chi connectivity index (χ4v) is 3.95. The number of thiophene rings is 1. The minimum Gasteiger partial charge on any atom is -0.478 e. The van der Waals surface area contributed by atoms with Gasteiger partial charge >= 0.3 is 5.97 Å². The molecule has 0 fully saturated rings. The Morgan fingerprint density at radius 3 is 2.62 bits per heavy atom. The summed E-state index contributed by atoms with van der Waals surface area (Å²) in [4.78, 5) is 11.7. The van der Waals surface area contributed by atoms with Crippen LogP contribution in [0.1, 0.15) is 20.8 Å². The van der Waals surface area contributed by atoms with E-state index in [4.69, 9.17) is 16.7 Å². The second-order valence-corrected chi connectivity index (χ2v) is 7.47. The van der Waals surface area contributed by atoms with Crippen molar-refractivity contribution in [1.29, 1.82) is 0 Å². The molecule has 0 unspecified atom stereocenters. The Labute approximate surface area is 131 Å². The van der Waals surface area contributed by atoms with Gasteiger partial charge in [0, 0.05) is 11.4 Å². The third-order valence-corrected chi connectivity index (χ3v) is 5.61. The van der Waals surface area contributed by atoms with Crippen LogP contribution in [0.25, 0.3) is 0 Å². The van der Waals surface area contributed by atoms with E-state index in [-0.39, 0.29) is 22.0 Å². The van der Waals surface area contributed by atoms with Crippen LogP contribution in [0.4, 0.5) is 0 Å². The van der Waals surface area contributed by atoms with E-state index in [1.54, 1.807) is 0 Å². The number of nitrogens with one attached hydrogen (secondary N) is 1. The molecule has 8 heteroatoms. The highest BCUT2D eigenvalue weighted by Gasteiger charge is 2.18. The average Bonchev–Trinajstić information content (AvgIpc) is 2.81. The predicted molar refractivity (Wildman–Crippen MR) is 81.5 cm³/mol. The number of rotatable bonds is 5. The summed E-state index contributed by atoms with van der Waals surface area (Å²) >= 11 is 7.25. The summed E-state index contributed by atoms with van der Waals surface area (Å²) in [5, 5.41) is 10.6. The molecule has 1 heterocycles. The molecule has 0 bridgehead atoms. The summed E-state index contributed by atoms with van der Waals surface area (Å²) in [7, 11) is -3.74. The Balaban J connectivity index is 2.22. The Morgan fingerprint density at radius 2 is 2.10 bits per heavy atom. The van der Waals surface area contributed by atoms with Crippen LogP contribution in [0, 0.1) is 6.92 Å². The summed E-state index contributed by atoms with van der Waals surface area (Å²) in [5.41, 5.74) is 0.881. The van der Waals surface area contributed by atoms with Crippen LogP contribution in [0.5, 0.6) is 0 Å². The first-order chi connectivity index (χ1) is 9.81. The highest BCUT2D eigenvalue weighted by Crippen LogP contribution is 2.22. The van der Waals surface area contributed by atoms with Gasteiger partial charge in [-0.1, -0.05) is 11.6 Å². The molecule has 112 valence electrons. The van der Waals surface area contributed by atoms with E-state index < -0.39 is 16.0 Å². The quantitative estimate of drug-likeness (QED) is 0.872. The summed E-state index contributed by atoms with van der Waals surface area (Å²) in [5.74, 6) is -1.20. The zero-order valence-electron chi connectivity index (χ0n) is 11.0. The molecule has 0 aliphatic heterocycles. The minimum absolute atomic E-state index is 0.0632. The number of hydrogen-bond acceptors (Lipinski definition) is 4. The molecule has 0 saturated carbocycles. The van der Waals surface area contributed by atoms with Crippen molar-refractivity contribution >= 4 is 38.9 Å². The van der Waals surface area contributed by atoms with Crippen molar-refractivity contribution < 1.29 is 18.3 Å². The predicted octanol–water partition coefficient (Wildman–Crippen LogP) is 2.89. The van der Waals surface area contributed by atoms with Crippen molar-refractivity contribution in [2.45, 2.75) is 18.4 Å². The zero-order chi connectivity index (χ0) is 15.6. The fourth-order valence-electron chi connectivity index (χ4n) is 1.67. The fraction of sp³-hybridized carbons (Fsp3) is 0.154. The second-order valence-electron chi connectivity index (χ2n) is 4.30. The third kappa shape index (κ3) is 3.62. The molecule has 2 rings (SSSR count). The van der Waals surface area contributed by atoms with Gasteiger partial charge in [0.1, 0.15) is 0 Å². The van der Waals surface area contributed by atoms with Crippen LogP contribution in [0.3, 0.4) is 0 Å². The minimum atomic E-state index is -3.74. The lowest BCUT2D eigenvalue weighted by Crippen LogP contribution is -2.23. The van der Waals surface area contributed by atoms with E-state index in [0.717, 1.165) is 16.5 Å². The van der Waals surface area contributed by atoms with Crippen molar-refractivity contribution in [3.63, 3.8) is 0 Å². The standard InChI is InChI=1S/C13H12ClNO4S2/c1-8-4-5-20-12(8)7-15-21(18,19)9-2-3-10(13(16)17)11(14)6-9/h2-6,15H,7H2,1H3,(H,16,17). The average molecular weight is 346 g/mol. The van der Waals surface area contributed by atoms with Gasteiger partial charge in [0.05, 0.1) is 15.5 Å². The van der Waals surface area contributed by atoms with Crippen molar-refractivity contribution in [1.82, 2.24) is 4.72 Å². The SMILES string of the molecule is Cc1ccsc1CNS(=O)(=O)c1ccc(C(=O)O)c(Cl)c1. The molecule has 0 spiro atoms. The summed E-state index contributed by atoms with van der Waals surface area (Å²) in [6.45, 7) is 2.09. The maximum absolute atomic E-state index is 12.2. The van der Waals surface area contributed by atoms with Gasteiger partial charge in [-0.05, 0) is 42.1 Å². The first kappa shape index (κ1) is 16.0. The molecule has 5 nitrogen and oxygen atoms in total. The zero-order valence-corrected chi connectivity index (χ0v) is 13.3. The lowest BCUT2D eigenvalue weighted by Gasteiger charge is -2.08. The van der Waals surface area contributed by atoms with Gasteiger partial charge in [-0.2, -0.15) is 0 Å². The molecule has 0 aliphatic rings. The van der Waals surface area contributed by atoms with Gasteiger partial charge in [-0.3, -0.25) is 0 Å². The van der Waals surface area contributed by atoms with Crippen molar-refractivity contribution in [3.8, 4) is 0 Å². The normalized spacial score (nSPS) is 11.5. The van der Waals surface area contributed by atoms with E-state index in [1.165, 1.54) is 23.5 Å². The number of benzene rings is 1. The van der Waals surface area contributed by atoms with Crippen LogP contribution in [-0.2, 0) is 16.6 Å². The van der Waals surface area contributed by atoms with Crippen LogP contribution >= 0.6 is 22.9 Å². The molecule has 2 aromatic rings. The molecule has 2 N–H and O–H groups in total. The van der Waals surface area contributed by atoms with Crippen molar-refractivity contribution in [2.24, 2.45) is 0 Å². The molecule has 0 amide bonds. The lowest BCUT2D eigenvalue weighted by molar-refractivity contribution is 0.0697. The van der Waals surface area contributed by atoms with E-state index >= 15 is 0 Å². The highest BCUT2D eigenvalue weighted by molar-refractivity contribution is 7.89. The molecular weight excluding hydrogens is 334 g/mol. The van der Waals surface area contributed by atoms with E-state index in [2.05, 4.69) is 4.72 Å².